The van der Waals surface area contributed by atoms with E-state index in [9.17, 15) is 0 Å². The minimum atomic E-state index is 0.201. The first-order valence-electron chi connectivity index (χ1n) is 9.77. The highest BCUT2D eigenvalue weighted by atomic mass is 15.2. The SMILES string of the molecule is CCNC(=NCC1(c2ccccc2)CCCC1)NCCc1cnn(C)c1. The molecule has 1 aromatic heterocycles. The van der Waals surface area contributed by atoms with Crippen LogP contribution in [-0.4, -0.2) is 35.4 Å². The number of nitrogens with zero attached hydrogens (tertiary/aromatic N) is 3. The summed E-state index contributed by atoms with van der Waals surface area (Å²) in [5, 5.41) is 11.1. The van der Waals surface area contributed by atoms with Crippen LogP contribution < -0.4 is 10.6 Å². The zero-order valence-electron chi connectivity index (χ0n) is 16.0. The smallest absolute Gasteiger partial charge is 0.191 e. The number of benzene rings is 1. The summed E-state index contributed by atoms with van der Waals surface area (Å²) in [4.78, 5) is 4.95. The number of aliphatic imine (C=N–C) groups is 1. The number of hydrogen-bond donors (Lipinski definition) is 2. The van der Waals surface area contributed by atoms with E-state index >= 15 is 0 Å². The second-order valence-corrected chi connectivity index (χ2v) is 7.25. The zero-order valence-corrected chi connectivity index (χ0v) is 16.0. The first-order valence-corrected chi connectivity index (χ1v) is 9.77. The Bertz CT molecular complexity index is 698. The van der Waals surface area contributed by atoms with Gasteiger partial charge in [0.15, 0.2) is 5.96 Å². The number of aromatic nitrogens is 2. The molecule has 0 unspecified atom stereocenters. The van der Waals surface area contributed by atoms with Gasteiger partial charge in [-0.25, -0.2) is 0 Å². The molecule has 2 aromatic rings. The third kappa shape index (κ3) is 4.65. The molecule has 1 aliphatic rings. The van der Waals surface area contributed by atoms with Crippen molar-refractivity contribution >= 4 is 5.96 Å². The number of guanidine groups is 1. The van der Waals surface area contributed by atoms with Crippen LogP contribution in [0, 0.1) is 0 Å². The van der Waals surface area contributed by atoms with Gasteiger partial charge in [0.1, 0.15) is 0 Å². The molecule has 0 atom stereocenters. The Balaban J connectivity index is 1.63. The molecule has 1 aromatic carbocycles. The van der Waals surface area contributed by atoms with Crippen LogP contribution in [0.4, 0.5) is 0 Å². The van der Waals surface area contributed by atoms with Crippen molar-refractivity contribution in [2.45, 2.75) is 44.4 Å². The molecule has 2 N–H and O–H groups in total. The molecule has 0 radical (unpaired) electrons. The first-order chi connectivity index (χ1) is 12.7. The van der Waals surface area contributed by atoms with Crippen LogP contribution in [0.2, 0.25) is 0 Å². The van der Waals surface area contributed by atoms with Gasteiger partial charge in [-0.05, 0) is 37.3 Å². The highest BCUT2D eigenvalue weighted by molar-refractivity contribution is 5.79. The molecule has 26 heavy (non-hydrogen) atoms. The Morgan fingerprint density at radius 1 is 1.19 bits per heavy atom. The molecule has 140 valence electrons. The molecule has 0 aliphatic heterocycles. The molecule has 0 saturated heterocycles. The molecule has 1 saturated carbocycles. The maximum Gasteiger partial charge on any atom is 0.191 e. The van der Waals surface area contributed by atoms with Gasteiger partial charge in [-0.2, -0.15) is 5.10 Å². The van der Waals surface area contributed by atoms with E-state index in [1.54, 1.807) is 0 Å². The predicted molar refractivity (Wildman–Crippen MR) is 107 cm³/mol. The van der Waals surface area contributed by atoms with Gasteiger partial charge in [-0.3, -0.25) is 9.67 Å². The van der Waals surface area contributed by atoms with Crippen LogP contribution in [0.3, 0.4) is 0 Å². The van der Waals surface area contributed by atoms with Crippen molar-refractivity contribution in [2.24, 2.45) is 12.0 Å². The molecule has 0 amide bonds. The summed E-state index contributed by atoms with van der Waals surface area (Å²) in [5.41, 5.74) is 2.88. The third-order valence-electron chi connectivity index (χ3n) is 5.30. The largest absolute Gasteiger partial charge is 0.357 e. The lowest BCUT2D eigenvalue weighted by molar-refractivity contribution is 0.452. The van der Waals surface area contributed by atoms with E-state index in [1.807, 2.05) is 17.9 Å². The van der Waals surface area contributed by atoms with Gasteiger partial charge in [0.2, 0.25) is 0 Å². The van der Waals surface area contributed by atoms with E-state index in [1.165, 1.54) is 36.8 Å². The van der Waals surface area contributed by atoms with Crippen LogP contribution in [-0.2, 0) is 18.9 Å². The average Bonchev–Trinajstić information content (AvgIpc) is 3.30. The standard InChI is InChI=1S/C21H31N5/c1-3-22-20(23-14-11-18-15-25-26(2)16-18)24-17-21(12-7-8-13-21)19-9-5-4-6-10-19/h4-6,9-10,15-16H,3,7-8,11-14,17H2,1-2H3,(H2,22,23,24). The fourth-order valence-corrected chi connectivity index (χ4v) is 3.88. The van der Waals surface area contributed by atoms with Gasteiger partial charge in [-0.1, -0.05) is 43.2 Å². The van der Waals surface area contributed by atoms with E-state index in [-0.39, 0.29) is 5.41 Å². The Kier molecular flexibility index (Phi) is 6.31. The lowest BCUT2D eigenvalue weighted by Gasteiger charge is -2.28. The fourth-order valence-electron chi connectivity index (χ4n) is 3.88. The summed E-state index contributed by atoms with van der Waals surface area (Å²) in [5.74, 6) is 0.915. The molecule has 1 aliphatic carbocycles. The maximum absolute atomic E-state index is 4.95. The highest BCUT2D eigenvalue weighted by Gasteiger charge is 2.35. The summed E-state index contributed by atoms with van der Waals surface area (Å²) < 4.78 is 1.85. The summed E-state index contributed by atoms with van der Waals surface area (Å²) >= 11 is 0. The summed E-state index contributed by atoms with van der Waals surface area (Å²) in [6.45, 7) is 4.69. The van der Waals surface area contributed by atoms with Crippen molar-refractivity contribution in [1.29, 1.82) is 0 Å². The van der Waals surface area contributed by atoms with Gasteiger partial charge in [0.05, 0.1) is 12.7 Å². The van der Waals surface area contributed by atoms with Gasteiger partial charge in [-0.15, -0.1) is 0 Å². The molecule has 0 bridgehead atoms. The minimum absolute atomic E-state index is 0.201. The minimum Gasteiger partial charge on any atom is -0.357 e. The fraction of sp³-hybridized carbons (Fsp3) is 0.524. The summed E-state index contributed by atoms with van der Waals surface area (Å²) in [6.07, 6.45) is 10.0. The van der Waals surface area contributed by atoms with Crippen LogP contribution in [0.5, 0.6) is 0 Å². The topological polar surface area (TPSA) is 54.2 Å². The lowest BCUT2D eigenvalue weighted by Crippen LogP contribution is -2.39. The van der Waals surface area contributed by atoms with E-state index < -0.39 is 0 Å². The molecular weight excluding hydrogens is 322 g/mol. The Hall–Kier alpha value is -2.30. The first kappa shape index (κ1) is 18.5. The average molecular weight is 354 g/mol. The van der Waals surface area contributed by atoms with Gasteiger partial charge in [0.25, 0.3) is 0 Å². The third-order valence-corrected chi connectivity index (χ3v) is 5.30. The van der Waals surface area contributed by atoms with Gasteiger partial charge in [0, 0.05) is 31.7 Å². The molecule has 5 heteroatoms. The Morgan fingerprint density at radius 3 is 2.62 bits per heavy atom. The van der Waals surface area contributed by atoms with E-state index in [2.05, 4.69) is 59.2 Å². The van der Waals surface area contributed by atoms with Crippen molar-refractivity contribution in [1.82, 2.24) is 20.4 Å². The number of aryl methyl sites for hydroxylation is 1. The zero-order chi connectivity index (χ0) is 18.2. The van der Waals surface area contributed by atoms with Gasteiger partial charge >= 0.3 is 0 Å². The lowest BCUT2D eigenvalue weighted by atomic mass is 9.79. The summed E-state index contributed by atoms with van der Waals surface area (Å²) in [6, 6.07) is 10.9. The second kappa shape index (κ2) is 8.88. The molecule has 3 rings (SSSR count). The molecular formula is C21H31N5. The van der Waals surface area contributed by atoms with E-state index in [0.717, 1.165) is 32.0 Å². The molecule has 1 fully saturated rings. The molecule has 5 nitrogen and oxygen atoms in total. The molecule has 0 spiro atoms. The number of rotatable bonds is 7. The maximum atomic E-state index is 4.95. The number of hydrogen-bond acceptors (Lipinski definition) is 2. The normalized spacial score (nSPS) is 16.6. The van der Waals surface area contributed by atoms with E-state index in [0.29, 0.717) is 0 Å². The predicted octanol–water partition coefficient (Wildman–Crippen LogP) is 3.03. The van der Waals surface area contributed by atoms with Crippen molar-refractivity contribution in [2.75, 3.05) is 19.6 Å². The summed E-state index contributed by atoms with van der Waals surface area (Å²) in [7, 11) is 1.95. The van der Waals surface area contributed by atoms with Crippen LogP contribution in [0.25, 0.3) is 0 Å². The number of nitrogens with one attached hydrogen (secondary N) is 2. The van der Waals surface area contributed by atoms with Gasteiger partial charge < -0.3 is 10.6 Å². The highest BCUT2D eigenvalue weighted by Crippen LogP contribution is 2.41. The van der Waals surface area contributed by atoms with E-state index in [4.69, 9.17) is 4.99 Å². The van der Waals surface area contributed by atoms with Crippen molar-refractivity contribution in [3.05, 3.63) is 53.9 Å². The molecule has 1 heterocycles. The monoisotopic (exact) mass is 353 g/mol. The second-order valence-electron chi connectivity index (χ2n) is 7.25. The quantitative estimate of drug-likeness (QED) is 0.594. The van der Waals surface area contributed by atoms with Crippen LogP contribution in [0.1, 0.15) is 43.7 Å². The van der Waals surface area contributed by atoms with Crippen molar-refractivity contribution in [3.63, 3.8) is 0 Å². The van der Waals surface area contributed by atoms with Crippen LogP contribution in [0.15, 0.2) is 47.7 Å². The Labute approximate surface area is 156 Å². The Morgan fingerprint density at radius 2 is 1.96 bits per heavy atom. The van der Waals surface area contributed by atoms with Crippen molar-refractivity contribution in [3.8, 4) is 0 Å². The van der Waals surface area contributed by atoms with Crippen LogP contribution >= 0.6 is 0 Å². The van der Waals surface area contributed by atoms with Crippen molar-refractivity contribution < 1.29 is 0 Å².